The molecule has 0 aromatic heterocycles. The van der Waals surface area contributed by atoms with Crippen molar-refractivity contribution in [1.82, 2.24) is 0 Å². The Morgan fingerprint density at radius 3 is 1.78 bits per heavy atom. The van der Waals surface area contributed by atoms with E-state index in [9.17, 15) is 0 Å². The van der Waals surface area contributed by atoms with Crippen molar-refractivity contribution in [2.45, 2.75) is 83.0 Å². The van der Waals surface area contributed by atoms with Gasteiger partial charge in [-0.2, -0.15) is 0 Å². The molecular formula is C37H42. The molecule has 2 aliphatic carbocycles. The lowest BCUT2D eigenvalue weighted by atomic mass is 9.59. The van der Waals surface area contributed by atoms with Crippen molar-refractivity contribution in [3.63, 3.8) is 0 Å². The number of hydrogen-bond acceptors (Lipinski definition) is 0. The topological polar surface area (TPSA) is 0 Å². The highest BCUT2D eigenvalue weighted by Gasteiger charge is 2.48. The lowest BCUT2D eigenvalue weighted by Crippen LogP contribution is -2.36. The van der Waals surface area contributed by atoms with E-state index in [1.807, 2.05) is 0 Å². The lowest BCUT2D eigenvalue weighted by Gasteiger charge is -2.43. The second-order valence-electron chi connectivity index (χ2n) is 13.0. The van der Waals surface area contributed by atoms with Crippen LogP contribution in [0.3, 0.4) is 0 Å². The zero-order valence-electron chi connectivity index (χ0n) is 23.6. The maximum atomic E-state index is 4.16. The molecule has 0 N–H and O–H groups in total. The van der Waals surface area contributed by atoms with Crippen LogP contribution in [-0.2, 0) is 16.2 Å². The van der Waals surface area contributed by atoms with E-state index < -0.39 is 0 Å². The zero-order chi connectivity index (χ0) is 26.4. The first-order valence-corrected chi connectivity index (χ1v) is 13.9. The van der Waals surface area contributed by atoms with Gasteiger partial charge < -0.3 is 0 Å². The molecule has 0 fully saturated rings. The van der Waals surface area contributed by atoms with Crippen molar-refractivity contribution in [1.29, 1.82) is 0 Å². The molecule has 0 nitrogen and oxygen atoms in total. The quantitative estimate of drug-likeness (QED) is 0.304. The number of benzene rings is 3. The van der Waals surface area contributed by atoms with Crippen LogP contribution in [0.2, 0.25) is 0 Å². The molecule has 1 unspecified atom stereocenters. The van der Waals surface area contributed by atoms with Crippen LogP contribution in [0.4, 0.5) is 0 Å². The molecule has 3 aromatic carbocycles. The largest absolute Gasteiger partial charge is 0.103 e. The molecule has 2 aliphatic rings. The van der Waals surface area contributed by atoms with Gasteiger partial charge >= 0.3 is 0 Å². The SMILES string of the molecule is C=CCCC(C1=CC=CC1)(c1ccccc1)C1c2cc(C(C)(C)C)ccc2-c2ccc(C(C)(C)C)cc21. The maximum Gasteiger partial charge on any atom is 0.0280 e. The van der Waals surface area contributed by atoms with Gasteiger partial charge in [-0.25, -0.2) is 0 Å². The summed E-state index contributed by atoms with van der Waals surface area (Å²) < 4.78 is 0. The van der Waals surface area contributed by atoms with Gasteiger partial charge in [-0.3, -0.25) is 0 Å². The van der Waals surface area contributed by atoms with Gasteiger partial charge in [-0.1, -0.05) is 138 Å². The molecule has 0 radical (unpaired) electrons. The third kappa shape index (κ3) is 4.35. The minimum absolute atomic E-state index is 0.0929. The first-order chi connectivity index (χ1) is 17.6. The van der Waals surface area contributed by atoms with Crippen molar-refractivity contribution in [3.05, 3.63) is 131 Å². The maximum absolute atomic E-state index is 4.16. The summed E-state index contributed by atoms with van der Waals surface area (Å²) in [5.74, 6) is 0.246. The third-order valence-electron chi connectivity index (χ3n) is 8.62. The van der Waals surface area contributed by atoms with Gasteiger partial charge in [0.15, 0.2) is 0 Å². The fraction of sp³-hybridized carbons (Fsp3) is 0.351. The Morgan fingerprint density at radius 2 is 1.32 bits per heavy atom. The van der Waals surface area contributed by atoms with E-state index in [1.165, 1.54) is 44.5 Å². The Bertz CT molecular complexity index is 1300. The summed E-state index contributed by atoms with van der Waals surface area (Å²) in [6.07, 6.45) is 12.1. The standard InChI is InChI=1S/C37H42/c1-8-9-23-37(27-17-13-14-18-27,26-15-11-10-12-16-26)34-32-24-28(35(2,3)4)19-21-30(32)31-22-20-29(25-33(31)34)36(5,6)7/h8,10-17,19-22,24-25,34H,1,9,18,23H2,2-7H3. The molecule has 0 saturated heterocycles. The predicted octanol–water partition coefficient (Wildman–Crippen LogP) is 10.2. The van der Waals surface area contributed by atoms with E-state index in [-0.39, 0.29) is 22.2 Å². The summed E-state index contributed by atoms with van der Waals surface area (Å²) in [5, 5.41) is 0. The van der Waals surface area contributed by atoms with Crippen LogP contribution in [-0.4, -0.2) is 0 Å². The lowest BCUT2D eigenvalue weighted by molar-refractivity contribution is 0.412. The van der Waals surface area contributed by atoms with Crippen LogP contribution in [0.15, 0.2) is 103 Å². The fourth-order valence-corrected chi connectivity index (χ4v) is 6.56. The predicted molar refractivity (Wildman–Crippen MR) is 161 cm³/mol. The Labute approximate surface area is 224 Å². The highest BCUT2D eigenvalue weighted by molar-refractivity contribution is 5.81. The van der Waals surface area contributed by atoms with E-state index >= 15 is 0 Å². The van der Waals surface area contributed by atoms with Gasteiger partial charge in [-0.15, -0.1) is 6.58 Å². The molecular weight excluding hydrogens is 444 g/mol. The van der Waals surface area contributed by atoms with Crippen LogP contribution in [0.25, 0.3) is 11.1 Å². The molecule has 1 atom stereocenters. The first kappa shape index (κ1) is 25.5. The molecule has 190 valence electrons. The first-order valence-electron chi connectivity index (χ1n) is 13.9. The average molecular weight is 487 g/mol. The fourth-order valence-electron chi connectivity index (χ4n) is 6.56. The van der Waals surface area contributed by atoms with Crippen LogP contribution >= 0.6 is 0 Å². The highest BCUT2D eigenvalue weighted by Crippen LogP contribution is 2.60. The monoisotopic (exact) mass is 486 g/mol. The average Bonchev–Trinajstić information content (AvgIpc) is 3.51. The molecule has 0 spiro atoms. The summed E-state index contributed by atoms with van der Waals surface area (Å²) in [4.78, 5) is 0. The molecule has 0 saturated carbocycles. The zero-order valence-corrected chi connectivity index (χ0v) is 23.6. The van der Waals surface area contributed by atoms with E-state index in [1.54, 1.807) is 0 Å². The minimum Gasteiger partial charge on any atom is -0.103 e. The van der Waals surface area contributed by atoms with Crippen LogP contribution in [0.5, 0.6) is 0 Å². The van der Waals surface area contributed by atoms with Crippen LogP contribution < -0.4 is 0 Å². The minimum atomic E-state index is -0.147. The van der Waals surface area contributed by atoms with Gasteiger partial charge in [0.05, 0.1) is 0 Å². The summed E-state index contributed by atoms with van der Waals surface area (Å²) in [6.45, 7) is 18.1. The smallest absolute Gasteiger partial charge is 0.0280 e. The Kier molecular flexibility index (Phi) is 6.43. The molecule has 0 bridgehead atoms. The van der Waals surface area contributed by atoms with Gasteiger partial charge in [0.2, 0.25) is 0 Å². The second-order valence-corrected chi connectivity index (χ2v) is 13.0. The second kappa shape index (κ2) is 9.32. The number of allylic oxidation sites excluding steroid dienone is 5. The highest BCUT2D eigenvalue weighted by atomic mass is 14.5. The normalized spacial score (nSPS) is 16.8. The van der Waals surface area contributed by atoms with Gasteiger partial charge in [0.1, 0.15) is 0 Å². The van der Waals surface area contributed by atoms with E-state index in [0.717, 1.165) is 19.3 Å². The number of fused-ring (bicyclic) bond motifs is 3. The van der Waals surface area contributed by atoms with Gasteiger partial charge in [0.25, 0.3) is 0 Å². The van der Waals surface area contributed by atoms with Crippen molar-refractivity contribution >= 4 is 0 Å². The van der Waals surface area contributed by atoms with Crippen LogP contribution in [0, 0.1) is 0 Å². The molecule has 3 aromatic rings. The van der Waals surface area contributed by atoms with E-state index in [2.05, 4.69) is 139 Å². The van der Waals surface area contributed by atoms with Gasteiger partial charge in [0, 0.05) is 11.3 Å². The Hall–Kier alpha value is -3.12. The number of rotatable bonds is 6. The van der Waals surface area contributed by atoms with Crippen molar-refractivity contribution in [2.24, 2.45) is 0 Å². The third-order valence-corrected chi connectivity index (χ3v) is 8.62. The number of hydrogen-bond donors (Lipinski definition) is 0. The summed E-state index contributed by atoms with van der Waals surface area (Å²) in [7, 11) is 0. The van der Waals surface area contributed by atoms with Crippen molar-refractivity contribution < 1.29 is 0 Å². The molecule has 0 heterocycles. The van der Waals surface area contributed by atoms with Crippen molar-refractivity contribution in [3.8, 4) is 11.1 Å². The summed E-state index contributed by atoms with van der Waals surface area (Å²) in [5.41, 5.74) is 11.6. The van der Waals surface area contributed by atoms with Crippen LogP contribution in [0.1, 0.15) is 94.5 Å². The Morgan fingerprint density at radius 1 is 0.757 bits per heavy atom. The molecule has 5 rings (SSSR count). The molecule has 0 amide bonds. The summed E-state index contributed by atoms with van der Waals surface area (Å²) >= 11 is 0. The van der Waals surface area contributed by atoms with Crippen molar-refractivity contribution in [2.75, 3.05) is 0 Å². The molecule has 37 heavy (non-hydrogen) atoms. The Balaban J connectivity index is 1.87. The van der Waals surface area contributed by atoms with Gasteiger partial charge in [-0.05, 0) is 69.0 Å². The van der Waals surface area contributed by atoms with E-state index in [0.29, 0.717) is 0 Å². The van der Waals surface area contributed by atoms with E-state index in [4.69, 9.17) is 0 Å². The molecule has 0 heteroatoms. The molecule has 0 aliphatic heterocycles. The summed E-state index contributed by atoms with van der Waals surface area (Å²) in [6, 6.07) is 25.9.